The average Bonchev–Trinajstić information content (AvgIpc) is 3.41. The topological polar surface area (TPSA) is 77.2 Å². The average molecular weight is 422 g/mol. The first-order valence-corrected chi connectivity index (χ1v) is 10.9. The normalized spacial score (nSPS) is 11.0. The number of carbonyl (C=O) groups excluding carboxylic acids is 1. The van der Waals surface area contributed by atoms with Crippen LogP contribution in [0.5, 0.6) is 5.75 Å². The van der Waals surface area contributed by atoms with Crippen LogP contribution in [0.1, 0.15) is 24.8 Å². The standard InChI is InChI=1S/C23H23N3O3S/c1-2-28-18-9-7-16(8-10-18)23-25-22(29-26-23)12-11-21(27)24-14-13-17-15-30-20-6-4-3-5-19(17)20/h3-10,15H,2,11-14H2,1H3,(H,24,27). The van der Waals surface area contributed by atoms with E-state index in [1.807, 2.05) is 43.3 Å². The summed E-state index contributed by atoms with van der Waals surface area (Å²) >= 11 is 1.74. The first-order chi connectivity index (χ1) is 14.7. The third-order valence-electron chi connectivity index (χ3n) is 4.74. The minimum atomic E-state index is -0.0182. The zero-order valence-corrected chi connectivity index (χ0v) is 17.6. The van der Waals surface area contributed by atoms with Gasteiger partial charge in [-0.3, -0.25) is 4.79 Å². The Morgan fingerprint density at radius 1 is 1.13 bits per heavy atom. The van der Waals surface area contributed by atoms with Crippen LogP contribution in [0, 0.1) is 0 Å². The highest BCUT2D eigenvalue weighted by molar-refractivity contribution is 7.17. The Balaban J connectivity index is 1.24. The van der Waals surface area contributed by atoms with E-state index in [0.29, 0.717) is 37.7 Å². The number of aromatic nitrogens is 2. The van der Waals surface area contributed by atoms with Crippen LogP contribution < -0.4 is 10.1 Å². The van der Waals surface area contributed by atoms with Crippen LogP contribution >= 0.6 is 11.3 Å². The number of nitrogens with one attached hydrogen (secondary N) is 1. The number of ether oxygens (including phenoxy) is 1. The number of carbonyl (C=O) groups is 1. The van der Waals surface area contributed by atoms with Gasteiger partial charge in [-0.2, -0.15) is 4.98 Å². The van der Waals surface area contributed by atoms with Crippen molar-refractivity contribution in [2.24, 2.45) is 0 Å². The van der Waals surface area contributed by atoms with Gasteiger partial charge in [0.2, 0.25) is 17.6 Å². The molecular formula is C23H23N3O3S. The van der Waals surface area contributed by atoms with Crippen LogP contribution in [-0.2, 0) is 17.6 Å². The van der Waals surface area contributed by atoms with Gasteiger partial charge in [0.15, 0.2) is 0 Å². The van der Waals surface area contributed by atoms with Crippen LogP contribution in [-0.4, -0.2) is 29.2 Å². The quantitative estimate of drug-likeness (QED) is 0.426. The molecule has 1 N–H and O–H groups in total. The zero-order chi connectivity index (χ0) is 20.8. The van der Waals surface area contributed by atoms with E-state index in [-0.39, 0.29) is 5.91 Å². The number of hydrogen-bond donors (Lipinski definition) is 1. The largest absolute Gasteiger partial charge is 0.494 e. The summed E-state index contributed by atoms with van der Waals surface area (Å²) in [5.74, 6) is 1.75. The van der Waals surface area contributed by atoms with Gasteiger partial charge in [-0.25, -0.2) is 0 Å². The summed E-state index contributed by atoms with van der Waals surface area (Å²) in [6, 6.07) is 15.9. The van der Waals surface area contributed by atoms with Crippen LogP contribution in [0.2, 0.25) is 0 Å². The summed E-state index contributed by atoms with van der Waals surface area (Å²) in [6.07, 6.45) is 1.55. The molecule has 154 valence electrons. The lowest BCUT2D eigenvalue weighted by Crippen LogP contribution is -2.25. The smallest absolute Gasteiger partial charge is 0.227 e. The van der Waals surface area contributed by atoms with Crippen molar-refractivity contribution < 1.29 is 14.1 Å². The molecule has 0 atom stereocenters. The second-order valence-electron chi connectivity index (χ2n) is 6.83. The lowest BCUT2D eigenvalue weighted by Gasteiger charge is -2.04. The zero-order valence-electron chi connectivity index (χ0n) is 16.8. The highest BCUT2D eigenvalue weighted by atomic mass is 32.1. The summed E-state index contributed by atoms with van der Waals surface area (Å²) in [4.78, 5) is 16.6. The van der Waals surface area contributed by atoms with E-state index in [9.17, 15) is 4.79 Å². The van der Waals surface area contributed by atoms with Crippen molar-refractivity contribution >= 4 is 27.3 Å². The molecule has 0 saturated carbocycles. The maximum absolute atomic E-state index is 12.2. The molecule has 0 spiro atoms. The predicted octanol–water partition coefficient (Wildman–Crippen LogP) is 4.64. The van der Waals surface area contributed by atoms with E-state index in [0.717, 1.165) is 17.7 Å². The summed E-state index contributed by atoms with van der Waals surface area (Å²) in [5, 5.41) is 10.4. The number of nitrogens with zero attached hydrogens (tertiary/aromatic N) is 2. The minimum absolute atomic E-state index is 0.0182. The van der Waals surface area contributed by atoms with Gasteiger partial charge in [0, 0.05) is 29.6 Å². The molecule has 0 unspecified atom stereocenters. The Morgan fingerprint density at radius 3 is 2.80 bits per heavy atom. The molecule has 0 aliphatic heterocycles. The molecule has 7 heteroatoms. The monoisotopic (exact) mass is 421 g/mol. The van der Waals surface area contributed by atoms with Crippen molar-refractivity contribution in [1.82, 2.24) is 15.5 Å². The van der Waals surface area contributed by atoms with Gasteiger partial charge in [-0.15, -0.1) is 11.3 Å². The molecule has 0 bridgehead atoms. The molecule has 4 rings (SSSR count). The van der Waals surface area contributed by atoms with Gasteiger partial charge in [-0.1, -0.05) is 23.4 Å². The van der Waals surface area contributed by atoms with Crippen molar-refractivity contribution in [2.75, 3.05) is 13.2 Å². The first kappa shape index (κ1) is 20.1. The highest BCUT2D eigenvalue weighted by Crippen LogP contribution is 2.25. The number of hydrogen-bond acceptors (Lipinski definition) is 6. The number of aryl methyl sites for hydroxylation is 1. The number of amides is 1. The van der Waals surface area contributed by atoms with E-state index in [1.165, 1.54) is 15.6 Å². The van der Waals surface area contributed by atoms with Crippen LogP contribution in [0.15, 0.2) is 58.4 Å². The maximum Gasteiger partial charge on any atom is 0.227 e. The summed E-state index contributed by atoms with van der Waals surface area (Å²) in [6.45, 7) is 3.18. The summed E-state index contributed by atoms with van der Waals surface area (Å²) in [7, 11) is 0. The van der Waals surface area contributed by atoms with E-state index >= 15 is 0 Å². The molecule has 2 aromatic carbocycles. The van der Waals surface area contributed by atoms with Gasteiger partial charge in [0.25, 0.3) is 0 Å². The lowest BCUT2D eigenvalue weighted by molar-refractivity contribution is -0.121. The van der Waals surface area contributed by atoms with Crippen molar-refractivity contribution in [2.45, 2.75) is 26.2 Å². The molecule has 1 amide bonds. The molecule has 0 aliphatic rings. The van der Waals surface area contributed by atoms with E-state index in [2.05, 4.69) is 33.0 Å². The second kappa shape index (κ2) is 9.54. The fourth-order valence-electron chi connectivity index (χ4n) is 3.21. The van der Waals surface area contributed by atoms with Gasteiger partial charge < -0.3 is 14.6 Å². The SMILES string of the molecule is CCOc1ccc(-c2noc(CCC(=O)NCCc3csc4ccccc34)n2)cc1. The second-order valence-corrected chi connectivity index (χ2v) is 7.74. The Hall–Kier alpha value is -3.19. The van der Waals surface area contributed by atoms with Gasteiger partial charge in [-0.05, 0) is 60.0 Å². The Bertz CT molecular complexity index is 1120. The number of thiophene rings is 1. The van der Waals surface area contributed by atoms with E-state index in [1.54, 1.807) is 11.3 Å². The first-order valence-electron chi connectivity index (χ1n) is 10.0. The molecule has 0 saturated heterocycles. The van der Waals surface area contributed by atoms with Crippen LogP contribution in [0.4, 0.5) is 0 Å². The molecule has 0 radical (unpaired) electrons. The van der Waals surface area contributed by atoms with Gasteiger partial charge in [0.1, 0.15) is 5.75 Å². The minimum Gasteiger partial charge on any atom is -0.494 e. The molecule has 2 aromatic heterocycles. The molecule has 6 nitrogen and oxygen atoms in total. The third kappa shape index (κ3) is 4.86. The van der Waals surface area contributed by atoms with E-state index in [4.69, 9.17) is 9.26 Å². The fourth-order valence-corrected chi connectivity index (χ4v) is 4.21. The maximum atomic E-state index is 12.2. The van der Waals surface area contributed by atoms with Crippen LogP contribution in [0.25, 0.3) is 21.5 Å². The van der Waals surface area contributed by atoms with Crippen molar-refractivity contribution in [3.63, 3.8) is 0 Å². The third-order valence-corrected chi connectivity index (χ3v) is 5.75. The summed E-state index contributed by atoms with van der Waals surface area (Å²) < 4.78 is 12.0. The molecule has 4 aromatic rings. The van der Waals surface area contributed by atoms with E-state index < -0.39 is 0 Å². The molecule has 0 aliphatic carbocycles. The van der Waals surface area contributed by atoms with Gasteiger partial charge >= 0.3 is 0 Å². The van der Waals surface area contributed by atoms with Crippen LogP contribution in [0.3, 0.4) is 0 Å². The Kier molecular flexibility index (Phi) is 6.39. The highest BCUT2D eigenvalue weighted by Gasteiger charge is 2.11. The molecule has 30 heavy (non-hydrogen) atoms. The number of rotatable bonds is 9. The number of fused-ring (bicyclic) bond motifs is 1. The summed E-state index contributed by atoms with van der Waals surface area (Å²) in [5.41, 5.74) is 2.12. The molecule has 0 fully saturated rings. The van der Waals surface area contributed by atoms with Gasteiger partial charge in [0.05, 0.1) is 6.61 Å². The van der Waals surface area contributed by atoms with Crippen molar-refractivity contribution in [3.05, 3.63) is 65.4 Å². The van der Waals surface area contributed by atoms with Crippen molar-refractivity contribution in [3.8, 4) is 17.1 Å². The number of benzene rings is 2. The van der Waals surface area contributed by atoms with Crippen molar-refractivity contribution in [1.29, 1.82) is 0 Å². The Morgan fingerprint density at radius 2 is 1.97 bits per heavy atom. The predicted molar refractivity (Wildman–Crippen MR) is 118 cm³/mol. The molecular weight excluding hydrogens is 398 g/mol. The Labute approximate surface area is 178 Å². The fraction of sp³-hybridized carbons (Fsp3) is 0.261. The molecule has 2 heterocycles. The lowest BCUT2D eigenvalue weighted by atomic mass is 10.1.